The molecule has 0 atom stereocenters. The standard InChI is InChI=1S/Ge.H2O3Se/c;1-4(2)3/h;(H2,1,2,3). The van der Waals surface area contributed by atoms with Crippen LogP contribution < -0.4 is 0 Å². The smallest absolute Gasteiger partial charge is 0 e. The average molecular weight is 202 g/mol. The van der Waals surface area contributed by atoms with Gasteiger partial charge in [0.25, 0.3) is 0 Å². The average Bonchev–Trinajstić information content (AvgIpc) is 0.811. The van der Waals surface area contributed by atoms with Crippen molar-refractivity contribution in [1.82, 2.24) is 0 Å². The Bertz CT molecular complexity index is 29.9. The second-order valence-corrected chi connectivity index (χ2v) is 1.20. The van der Waals surface area contributed by atoms with Crippen molar-refractivity contribution in [3.8, 4) is 0 Å². The van der Waals surface area contributed by atoms with E-state index in [1.165, 1.54) is 0 Å². The fourth-order valence-corrected chi connectivity index (χ4v) is 0. The molecule has 0 aliphatic carbocycles. The predicted molar refractivity (Wildman–Crippen MR) is 16.6 cm³/mol. The van der Waals surface area contributed by atoms with Crippen LogP contribution in [0.15, 0.2) is 0 Å². The molecule has 0 aromatic carbocycles. The Hall–Kier alpha value is 0.782. The van der Waals surface area contributed by atoms with E-state index in [-0.39, 0.29) is 17.6 Å². The summed E-state index contributed by atoms with van der Waals surface area (Å²) in [6.07, 6.45) is 0. The predicted octanol–water partition coefficient (Wildman–Crippen LogP) is -1.99. The molecule has 0 unspecified atom stereocenters. The van der Waals surface area contributed by atoms with E-state index in [0.29, 0.717) is 0 Å². The molecule has 0 bridgehead atoms. The first-order valence-corrected chi connectivity index (χ1v) is 2.76. The van der Waals surface area contributed by atoms with Crippen molar-refractivity contribution in [2.45, 2.75) is 0 Å². The Balaban J connectivity index is 0. The van der Waals surface area contributed by atoms with Gasteiger partial charge in [0.1, 0.15) is 0 Å². The topological polar surface area (TPSA) is 57.5 Å². The molecule has 3 nitrogen and oxygen atoms in total. The minimum atomic E-state index is -3.29. The van der Waals surface area contributed by atoms with Crippen LogP contribution in [0.5, 0.6) is 0 Å². The Morgan fingerprint density at radius 3 is 1.40 bits per heavy atom. The van der Waals surface area contributed by atoms with Crippen LogP contribution >= 0.6 is 0 Å². The maximum Gasteiger partial charge on any atom is 0 e. The second kappa shape index (κ2) is 4.78. The van der Waals surface area contributed by atoms with E-state index < -0.39 is 14.5 Å². The van der Waals surface area contributed by atoms with Gasteiger partial charge in [-0.1, -0.05) is 0 Å². The Kier molecular flexibility index (Phi) is 8.84. The van der Waals surface area contributed by atoms with E-state index in [1.807, 2.05) is 0 Å². The third kappa shape index (κ3) is 60.5. The maximum absolute atomic E-state index is 8.76. The van der Waals surface area contributed by atoms with Gasteiger partial charge >= 0.3 is 26.7 Å². The van der Waals surface area contributed by atoms with Gasteiger partial charge in [0, 0.05) is 17.6 Å². The van der Waals surface area contributed by atoms with E-state index in [2.05, 4.69) is 0 Å². The zero-order valence-corrected chi connectivity index (χ0v) is 6.02. The van der Waals surface area contributed by atoms with Crippen molar-refractivity contribution in [3.05, 3.63) is 0 Å². The molecule has 0 rings (SSSR count). The van der Waals surface area contributed by atoms with Gasteiger partial charge in [-0.25, -0.2) is 0 Å². The Morgan fingerprint density at radius 1 is 1.40 bits per heavy atom. The van der Waals surface area contributed by atoms with Crippen LogP contribution in [0, 0.1) is 0 Å². The Labute approximate surface area is 44.7 Å². The maximum atomic E-state index is 8.76. The minimum Gasteiger partial charge on any atom is 0 e. The molecule has 0 aliphatic rings. The van der Waals surface area contributed by atoms with E-state index in [0.717, 1.165) is 0 Å². The quantitative estimate of drug-likeness (QED) is 0.446. The summed E-state index contributed by atoms with van der Waals surface area (Å²) in [7, 11) is 0. The minimum absolute atomic E-state index is 0. The van der Waals surface area contributed by atoms with Crippen molar-refractivity contribution in [1.29, 1.82) is 0 Å². The van der Waals surface area contributed by atoms with E-state index in [9.17, 15) is 0 Å². The molecule has 0 aliphatic heterocycles. The van der Waals surface area contributed by atoms with Gasteiger partial charge in [-0.05, 0) is 0 Å². The van der Waals surface area contributed by atoms with Crippen LogP contribution in [0.3, 0.4) is 0 Å². The molecule has 0 spiro atoms. The van der Waals surface area contributed by atoms with Crippen molar-refractivity contribution in [2.75, 3.05) is 0 Å². The number of hydrogen-bond donors (Lipinski definition) is 2. The van der Waals surface area contributed by atoms with Crippen molar-refractivity contribution >= 4 is 32.1 Å². The molecule has 0 amide bonds. The van der Waals surface area contributed by atoms with Crippen LogP contribution in [-0.2, 0) is 3.83 Å². The van der Waals surface area contributed by atoms with Gasteiger partial charge in [0.15, 0.2) is 0 Å². The van der Waals surface area contributed by atoms with Crippen LogP contribution in [-0.4, -0.2) is 40.5 Å². The van der Waals surface area contributed by atoms with Crippen molar-refractivity contribution in [2.24, 2.45) is 0 Å². The first-order valence-electron chi connectivity index (χ1n) is 0.532. The van der Waals surface area contributed by atoms with E-state index in [4.69, 9.17) is 12.2 Å². The zero-order chi connectivity index (χ0) is 3.58. The Morgan fingerprint density at radius 2 is 1.40 bits per heavy atom. The number of rotatable bonds is 0. The molecule has 0 heterocycles. The summed E-state index contributed by atoms with van der Waals surface area (Å²) in [6.45, 7) is 0. The summed E-state index contributed by atoms with van der Waals surface area (Å²) in [5.41, 5.74) is 0. The molecule has 5 heavy (non-hydrogen) atoms. The monoisotopic (exact) mass is 204 g/mol. The molecule has 2 N–H and O–H groups in total. The molecule has 5 heteroatoms. The van der Waals surface area contributed by atoms with Gasteiger partial charge in [-0.15, -0.1) is 0 Å². The fraction of sp³-hybridized carbons (Fsp3) is 0. The molecule has 0 saturated heterocycles. The SMILES string of the molecule is O=[Se](O)O.[Ge]. The van der Waals surface area contributed by atoms with E-state index >= 15 is 0 Å². The van der Waals surface area contributed by atoms with Gasteiger partial charge in [-0.2, -0.15) is 0 Å². The normalized spacial score (nSPS) is 7.00. The summed E-state index contributed by atoms with van der Waals surface area (Å²) in [6, 6.07) is 0. The third-order valence-electron chi connectivity index (χ3n) is 0. The summed E-state index contributed by atoms with van der Waals surface area (Å²) < 4.78 is 23.1. The molecule has 0 aromatic heterocycles. The molecular formula is H2GeO3Se. The second-order valence-electron chi connectivity index (χ2n) is 0.231. The van der Waals surface area contributed by atoms with Crippen molar-refractivity contribution in [3.63, 3.8) is 0 Å². The largest absolute Gasteiger partial charge is 0 e. The summed E-state index contributed by atoms with van der Waals surface area (Å²) in [4.78, 5) is 0. The summed E-state index contributed by atoms with van der Waals surface area (Å²) in [5, 5.41) is 0. The molecular weight excluding hydrogens is 200 g/mol. The van der Waals surface area contributed by atoms with Crippen LogP contribution in [0.25, 0.3) is 0 Å². The van der Waals surface area contributed by atoms with Gasteiger partial charge in [0.2, 0.25) is 0 Å². The molecule has 0 saturated carbocycles. The zero-order valence-electron chi connectivity index (χ0n) is 2.21. The van der Waals surface area contributed by atoms with E-state index in [1.54, 1.807) is 0 Å². The van der Waals surface area contributed by atoms with Crippen LogP contribution in [0.1, 0.15) is 0 Å². The third-order valence-corrected chi connectivity index (χ3v) is 0. The van der Waals surface area contributed by atoms with Crippen LogP contribution in [0.4, 0.5) is 0 Å². The molecule has 30 valence electrons. The summed E-state index contributed by atoms with van der Waals surface area (Å²) in [5.74, 6) is 0. The van der Waals surface area contributed by atoms with Gasteiger partial charge in [-0.3, -0.25) is 0 Å². The molecule has 0 aromatic rings. The summed E-state index contributed by atoms with van der Waals surface area (Å²) >= 11 is -3.29. The molecule has 0 fully saturated rings. The molecule has 4 radical (unpaired) electrons. The number of hydrogen-bond acceptors (Lipinski definition) is 1. The first kappa shape index (κ1) is 9.24. The fourth-order valence-electron chi connectivity index (χ4n) is 0. The van der Waals surface area contributed by atoms with Gasteiger partial charge in [0.05, 0.1) is 0 Å². The first-order chi connectivity index (χ1) is 1.73. The van der Waals surface area contributed by atoms with Gasteiger partial charge < -0.3 is 0 Å². The van der Waals surface area contributed by atoms with Crippen molar-refractivity contribution < 1.29 is 12.2 Å². The van der Waals surface area contributed by atoms with Crippen LogP contribution in [0.2, 0.25) is 0 Å².